The van der Waals surface area contributed by atoms with Crippen LogP contribution in [0.4, 0.5) is 15.8 Å². The van der Waals surface area contributed by atoms with Crippen LogP contribution in [0.15, 0.2) is 36.4 Å². The van der Waals surface area contributed by atoms with E-state index in [0.717, 1.165) is 16.6 Å². The first-order chi connectivity index (χ1) is 11.6. The molecule has 1 amide bonds. The molecule has 0 aliphatic heterocycles. The highest BCUT2D eigenvalue weighted by Gasteiger charge is 2.21. The SMILES string of the molecule is CS(=O)(=O)N(CC(=O)Nc1ccc(F)c(Cl)c1)c1ccc(Cl)c(Cl)c1. The Kier molecular flexibility index (Phi) is 6.16. The van der Waals surface area contributed by atoms with Crippen molar-refractivity contribution in [1.29, 1.82) is 0 Å². The second-order valence-electron chi connectivity index (χ2n) is 5.05. The van der Waals surface area contributed by atoms with E-state index in [1.807, 2.05) is 0 Å². The molecule has 2 rings (SSSR count). The molecule has 2 aromatic carbocycles. The van der Waals surface area contributed by atoms with Gasteiger partial charge in [0.25, 0.3) is 0 Å². The van der Waals surface area contributed by atoms with Gasteiger partial charge in [0.2, 0.25) is 15.9 Å². The fourth-order valence-corrected chi connectivity index (χ4v) is 3.27. The number of nitrogens with zero attached hydrogens (tertiary/aromatic N) is 1. The molecule has 1 N–H and O–H groups in total. The molecule has 0 saturated carbocycles. The van der Waals surface area contributed by atoms with E-state index in [-0.39, 0.29) is 26.4 Å². The first-order valence-corrected chi connectivity index (χ1v) is 9.74. The van der Waals surface area contributed by atoms with Crippen LogP contribution < -0.4 is 9.62 Å². The Hall–Kier alpha value is -1.54. The van der Waals surface area contributed by atoms with Gasteiger partial charge >= 0.3 is 0 Å². The molecule has 0 atom stereocenters. The standard InChI is InChI=1S/C15H12Cl3FN2O3S/c1-25(23,24)21(10-3-4-11(16)12(17)7-10)8-15(22)20-9-2-5-14(19)13(18)6-9/h2-7H,8H2,1H3,(H,20,22). The number of rotatable bonds is 5. The van der Waals surface area contributed by atoms with Crippen molar-refractivity contribution in [3.63, 3.8) is 0 Å². The van der Waals surface area contributed by atoms with E-state index >= 15 is 0 Å². The van der Waals surface area contributed by atoms with E-state index in [0.29, 0.717) is 0 Å². The number of amides is 1. The molecule has 134 valence electrons. The summed E-state index contributed by atoms with van der Waals surface area (Å²) in [5.74, 6) is -1.27. The summed E-state index contributed by atoms with van der Waals surface area (Å²) in [7, 11) is -3.77. The number of sulfonamides is 1. The van der Waals surface area contributed by atoms with Gasteiger partial charge in [-0.05, 0) is 36.4 Å². The highest BCUT2D eigenvalue weighted by molar-refractivity contribution is 7.92. The zero-order chi connectivity index (χ0) is 18.8. The van der Waals surface area contributed by atoms with Crippen LogP contribution in [0.25, 0.3) is 0 Å². The molecule has 10 heteroatoms. The molecular weight excluding hydrogens is 414 g/mol. The molecule has 0 bridgehead atoms. The van der Waals surface area contributed by atoms with Gasteiger partial charge in [0.05, 0.1) is 27.0 Å². The van der Waals surface area contributed by atoms with Gasteiger partial charge in [0.15, 0.2) is 0 Å². The van der Waals surface area contributed by atoms with Crippen LogP contribution in [0.3, 0.4) is 0 Å². The first kappa shape index (κ1) is 19.8. The Balaban J connectivity index is 2.23. The maximum Gasteiger partial charge on any atom is 0.245 e. The second kappa shape index (κ2) is 7.78. The lowest BCUT2D eigenvalue weighted by atomic mass is 10.3. The number of anilines is 2. The Morgan fingerprint density at radius 3 is 2.32 bits per heavy atom. The van der Waals surface area contributed by atoms with Gasteiger partial charge in [-0.1, -0.05) is 34.8 Å². The molecule has 0 unspecified atom stereocenters. The topological polar surface area (TPSA) is 66.5 Å². The van der Waals surface area contributed by atoms with Crippen molar-refractivity contribution in [3.05, 3.63) is 57.3 Å². The van der Waals surface area contributed by atoms with Gasteiger partial charge in [-0.15, -0.1) is 0 Å². The smallest absolute Gasteiger partial charge is 0.245 e. The summed E-state index contributed by atoms with van der Waals surface area (Å²) >= 11 is 17.4. The molecule has 5 nitrogen and oxygen atoms in total. The number of carbonyl (C=O) groups is 1. The van der Waals surface area contributed by atoms with Gasteiger partial charge in [0, 0.05) is 5.69 Å². The van der Waals surface area contributed by atoms with Crippen molar-refractivity contribution < 1.29 is 17.6 Å². The van der Waals surface area contributed by atoms with E-state index in [2.05, 4.69) is 5.32 Å². The van der Waals surface area contributed by atoms with E-state index in [1.54, 1.807) is 0 Å². The van der Waals surface area contributed by atoms with Crippen LogP contribution in [0.5, 0.6) is 0 Å². The van der Waals surface area contributed by atoms with Crippen LogP contribution in [-0.2, 0) is 14.8 Å². The van der Waals surface area contributed by atoms with Gasteiger partial charge in [-0.25, -0.2) is 12.8 Å². The molecule has 0 aliphatic rings. The largest absolute Gasteiger partial charge is 0.324 e. The summed E-state index contributed by atoms with van der Waals surface area (Å²) in [6, 6.07) is 7.81. The van der Waals surface area contributed by atoms with E-state index < -0.39 is 28.3 Å². The van der Waals surface area contributed by atoms with Crippen molar-refractivity contribution in [2.45, 2.75) is 0 Å². The third kappa shape index (κ3) is 5.22. The van der Waals surface area contributed by atoms with Crippen LogP contribution in [0.1, 0.15) is 0 Å². The molecule has 0 aromatic heterocycles. The summed E-state index contributed by atoms with van der Waals surface area (Å²) < 4.78 is 38.0. The molecule has 0 aliphatic carbocycles. The Bertz CT molecular complexity index is 922. The average molecular weight is 426 g/mol. The number of benzene rings is 2. The van der Waals surface area contributed by atoms with Crippen LogP contribution in [-0.4, -0.2) is 27.1 Å². The third-order valence-electron chi connectivity index (χ3n) is 3.08. The molecule has 0 spiro atoms. The summed E-state index contributed by atoms with van der Waals surface area (Å²) in [5, 5.41) is 2.69. The predicted octanol–water partition coefficient (Wildman–Crippen LogP) is 4.19. The minimum atomic E-state index is -3.77. The lowest BCUT2D eigenvalue weighted by molar-refractivity contribution is -0.114. The zero-order valence-electron chi connectivity index (χ0n) is 12.8. The maximum absolute atomic E-state index is 13.1. The van der Waals surface area contributed by atoms with Crippen molar-refractivity contribution in [1.82, 2.24) is 0 Å². The number of hydrogen-bond acceptors (Lipinski definition) is 3. The Labute approximate surface area is 159 Å². The van der Waals surface area contributed by atoms with Gasteiger partial charge in [-0.2, -0.15) is 0 Å². The molecule has 0 saturated heterocycles. The van der Waals surface area contributed by atoms with E-state index in [4.69, 9.17) is 34.8 Å². The molecule has 2 aromatic rings. The van der Waals surface area contributed by atoms with Gasteiger partial charge in [-0.3, -0.25) is 9.10 Å². The molecule has 0 heterocycles. The van der Waals surface area contributed by atoms with Crippen molar-refractivity contribution in [2.75, 3.05) is 22.4 Å². The van der Waals surface area contributed by atoms with E-state index in [1.165, 1.54) is 30.3 Å². The predicted molar refractivity (Wildman–Crippen MR) is 98.7 cm³/mol. The fraction of sp³-hybridized carbons (Fsp3) is 0.133. The zero-order valence-corrected chi connectivity index (χ0v) is 15.8. The van der Waals surface area contributed by atoms with E-state index in [9.17, 15) is 17.6 Å². The van der Waals surface area contributed by atoms with Gasteiger partial charge in [0.1, 0.15) is 12.4 Å². The fourth-order valence-electron chi connectivity index (χ4n) is 1.95. The number of nitrogens with one attached hydrogen (secondary N) is 1. The summed E-state index contributed by atoms with van der Waals surface area (Å²) in [4.78, 5) is 12.2. The minimum Gasteiger partial charge on any atom is -0.324 e. The van der Waals surface area contributed by atoms with Gasteiger partial charge < -0.3 is 5.32 Å². The summed E-state index contributed by atoms with van der Waals surface area (Å²) in [6.45, 7) is -0.508. The monoisotopic (exact) mass is 424 g/mol. The number of carbonyl (C=O) groups excluding carboxylic acids is 1. The Morgan fingerprint density at radius 2 is 1.76 bits per heavy atom. The number of halogens is 4. The molecule has 0 fully saturated rings. The van der Waals surface area contributed by atoms with Crippen molar-refractivity contribution in [3.8, 4) is 0 Å². The highest BCUT2D eigenvalue weighted by Crippen LogP contribution is 2.28. The minimum absolute atomic E-state index is 0.151. The molecule has 0 radical (unpaired) electrons. The highest BCUT2D eigenvalue weighted by atomic mass is 35.5. The molecular formula is C15H12Cl3FN2O3S. The average Bonchev–Trinajstić information content (AvgIpc) is 2.50. The lowest BCUT2D eigenvalue weighted by Gasteiger charge is -2.22. The lowest BCUT2D eigenvalue weighted by Crippen LogP contribution is -2.37. The quantitative estimate of drug-likeness (QED) is 0.781. The summed E-state index contributed by atoms with van der Waals surface area (Å²) in [5.41, 5.74) is 0.420. The summed E-state index contributed by atoms with van der Waals surface area (Å²) in [6.07, 6.45) is 0.956. The Morgan fingerprint density at radius 1 is 1.08 bits per heavy atom. The third-order valence-corrected chi connectivity index (χ3v) is 5.25. The van der Waals surface area contributed by atoms with Crippen molar-refractivity contribution in [2.24, 2.45) is 0 Å². The second-order valence-corrected chi connectivity index (χ2v) is 8.17. The van der Waals surface area contributed by atoms with Crippen LogP contribution in [0, 0.1) is 5.82 Å². The van der Waals surface area contributed by atoms with Crippen LogP contribution in [0.2, 0.25) is 15.1 Å². The first-order valence-electron chi connectivity index (χ1n) is 6.75. The van der Waals surface area contributed by atoms with Crippen molar-refractivity contribution >= 4 is 62.1 Å². The van der Waals surface area contributed by atoms with Crippen LogP contribution >= 0.6 is 34.8 Å². The number of hydrogen-bond donors (Lipinski definition) is 1. The normalized spacial score (nSPS) is 11.2. The maximum atomic E-state index is 13.1. The molecule has 25 heavy (non-hydrogen) atoms.